The minimum Gasteiger partial charge on any atom is -0.325 e. The fraction of sp³-hybridized carbons (Fsp3) is 0.500. The summed E-state index contributed by atoms with van der Waals surface area (Å²) < 4.78 is 4.72. The largest absolute Gasteiger partial charge is 0.332 e. The molecule has 6 nitrogen and oxygen atoms in total. The smallest absolute Gasteiger partial charge is 0.325 e. The number of H-pyrrole nitrogens is 1. The van der Waals surface area contributed by atoms with E-state index < -0.39 is 0 Å². The third-order valence-corrected chi connectivity index (χ3v) is 3.13. The predicted molar refractivity (Wildman–Crippen MR) is 68.0 cm³/mol. The third kappa shape index (κ3) is 1.49. The molecule has 0 saturated carbocycles. The Hall–Kier alpha value is -1.63. The van der Waals surface area contributed by atoms with Gasteiger partial charge in [0.1, 0.15) is 11.2 Å². The Morgan fingerprint density at radius 1 is 1.18 bits per heavy atom. The van der Waals surface area contributed by atoms with Crippen LogP contribution in [0.4, 0.5) is 0 Å². The van der Waals surface area contributed by atoms with E-state index in [4.69, 9.17) is 12.2 Å². The van der Waals surface area contributed by atoms with Gasteiger partial charge in [-0.3, -0.25) is 13.9 Å². The lowest BCUT2D eigenvalue weighted by Crippen LogP contribution is -2.37. The SMILES string of the molecule is CC(C)n1c(=S)[nH]c2c(=O)n(C)c(=O)n(C)c21. The average Bonchev–Trinajstić information content (AvgIpc) is 2.61. The molecule has 0 aliphatic rings. The Morgan fingerprint density at radius 2 is 1.76 bits per heavy atom. The van der Waals surface area contributed by atoms with Gasteiger partial charge in [-0.15, -0.1) is 0 Å². The van der Waals surface area contributed by atoms with Gasteiger partial charge in [-0.1, -0.05) is 0 Å². The van der Waals surface area contributed by atoms with Crippen LogP contribution in [0.5, 0.6) is 0 Å². The van der Waals surface area contributed by atoms with Crippen molar-refractivity contribution in [3.05, 3.63) is 25.6 Å². The highest BCUT2D eigenvalue weighted by Crippen LogP contribution is 2.14. The normalized spacial score (nSPS) is 11.6. The molecule has 92 valence electrons. The van der Waals surface area contributed by atoms with Gasteiger partial charge in [0.05, 0.1) is 0 Å². The minimum atomic E-state index is -0.356. The van der Waals surface area contributed by atoms with Crippen LogP contribution in [0.2, 0.25) is 0 Å². The molecule has 1 N–H and O–H groups in total. The van der Waals surface area contributed by atoms with Crippen molar-refractivity contribution < 1.29 is 0 Å². The molecule has 0 aliphatic carbocycles. The van der Waals surface area contributed by atoms with Crippen molar-refractivity contribution >= 4 is 23.4 Å². The van der Waals surface area contributed by atoms with Crippen molar-refractivity contribution in [3.63, 3.8) is 0 Å². The standard InChI is InChI=1S/C10H14N4O2S/c1-5(2)14-7-6(11-9(14)17)8(15)13(4)10(16)12(7)3/h5H,1-4H3,(H,11,17). The second-order valence-electron chi connectivity index (χ2n) is 4.30. The molecule has 2 rings (SSSR count). The minimum absolute atomic E-state index is 0.0777. The molecular formula is C10H14N4O2S. The van der Waals surface area contributed by atoms with Gasteiger partial charge < -0.3 is 9.55 Å². The molecule has 2 heterocycles. The van der Waals surface area contributed by atoms with Crippen molar-refractivity contribution in [3.8, 4) is 0 Å². The highest BCUT2D eigenvalue weighted by atomic mass is 32.1. The number of fused-ring (bicyclic) bond motifs is 1. The maximum Gasteiger partial charge on any atom is 0.332 e. The Morgan fingerprint density at radius 3 is 2.29 bits per heavy atom. The van der Waals surface area contributed by atoms with E-state index in [1.54, 1.807) is 11.6 Å². The molecule has 0 atom stereocenters. The molecule has 2 aromatic rings. The second-order valence-corrected chi connectivity index (χ2v) is 4.68. The molecule has 0 saturated heterocycles. The number of nitrogens with zero attached hydrogens (tertiary/aromatic N) is 3. The first-order valence-electron chi connectivity index (χ1n) is 5.26. The topological polar surface area (TPSA) is 64.7 Å². The van der Waals surface area contributed by atoms with Gasteiger partial charge in [0.15, 0.2) is 4.77 Å². The fourth-order valence-corrected chi connectivity index (χ4v) is 2.37. The molecule has 0 amide bonds. The summed E-state index contributed by atoms with van der Waals surface area (Å²) in [6.45, 7) is 3.90. The number of nitrogens with one attached hydrogen (secondary N) is 1. The zero-order valence-electron chi connectivity index (χ0n) is 10.1. The summed E-state index contributed by atoms with van der Waals surface area (Å²) in [6, 6.07) is 0.0777. The van der Waals surface area contributed by atoms with Crippen LogP contribution in [0.15, 0.2) is 9.59 Å². The van der Waals surface area contributed by atoms with Crippen LogP contribution < -0.4 is 11.2 Å². The maximum atomic E-state index is 11.9. The Bertz CT molecular complexity index is 759. The lowest BCUT2D eigenvalue weighted by Gasteiger charge is -2.11. The first kappa shape index (κ1) is 11.8. The van der Waals surface area contributed by atoms with Crippen LogP contribution in [0.25, 0.3) is 11.2 Å². The molecule has 0 fully saturated rings. The van der Waals surface area contributed by atoms with Crippen LogP contribution in [0.1, 0.15) is 19.9 Å². The van der Waals surface area contributed by atoms with E-state index in [1.165, 1.54) is 11.6 Å². The van der Waals surface area contributed by atoms with Gasteiger partial charge in [0, 0.05) is 20.1 Å². The highest BCUT2D eigenvalue weighted by Gasteiger charge is 2.15. The molecule has 0 bridgehead atoms. The number of aryl methyl sites for hydroxylation is 1. The zero-order chi connectivity index (χ0) is 12.9. The molecular weight excluding hydrogens is 240 g/mol. The van der Waals surface area contributed by atoms with E-state index in [0.717, 1.165) is 4.57 Å². The second kappa shape index (κ2) is 3.69. The van der Waals surface area contributed by atoms with Crippen molar-refractivity contribution in [1.82, 2.24) is 18.7 Å². The van der Waals surface area contributed by atoms with Gasteiger partial charge in [0.25, 0.3) is 5.56 Å². The molecule has 0 unspecified atom stereocenters. The van der Waals surface area contributed by atoms with Crippen LogP contribution in [0.3, 0.4) is 0 Å². The summed E-state index contributed by atoms with van der Waals surface area (Å²) in [4.78, 5) is 26.7. The van der Waals surface area contributed by atoms with Gasteiger partial charge in [-0.25, -0.2) is 4.79 Å². The van der Waals surface area contributed by atoms with E-state index in [9.17, 15) is 9.59 Å². The van der Waals surface area contributed by atoms with E-state index in [0.29, 0.717) is 15.9 Å². The summed E-state index contributed by atoms with van der Waals surface area (Å²) in [6.07, 6.45) is 0. The number of imidazole rings is 1. The van der Waals surface area contributed by atoms with Crippen molar-refractivity contribution in [2.24, 2.45) is 14.1 Å². The average molecular weight is 254 g/mol. The first-order chi connectivity index (χ1) is 7.86. The summed E-state index contributed by atoms with van der Waals surface area (Å²) in [5, 5.41) is 0. The number of rotatable bonds is 1. The molecule has 17 heavy (non-hydrogen) atoms. The Kier molecular flexibility index (Phi) is 2.57. The van der Waals surface area contributed by atoms with E-state index >= 15 is 0 Å². The Labute approximate surface area is 102 Å². The number of hydrogen-bond donors (Lipinski definition) is 1. The van der Waals surface area contributed by atoms with Crippen LogP contribution in [0, 0.1) is 4.77 Å². The fourth-order valence-electron chi connectivity index (χ4n) is 1.97. The number of aromatic amines is 1. The molecule has 7 heteroatoms. The summed E-state index contributed by atoms with van der Waals surface area (Å²) >= 11 is 5.18. The van der Waals surface area contributed by atoms with E-state index in [2.05, 4.69) is 4.98 Å². The van der Waals surface area contributed by atoms with Crippen LogP contribution in [-0.4, -0.2) is 18.7 Å². The lowest BCUT2D eigenvalue weighted by molar-refractivity contribution is 0.588. The van der Waals surface area contributed by atoms with Gasteiger partial charge in [-0.05, 0) is 26.1 Å². The van der Waals surface area contributed by atoms with E-state index in [1.807, 2.05) is 13.8 Å². The Balaban J connectivity index is 3.19. The lowest BCUT2D eigenvalue weighted by atomic mass is 10.4. The first-order valence-corrected chi connectivity index (χ1v) is 5.67. The molecule has 0 radical (unpaired) electrons. The molecule has 2 aromatic heterocycles. The predicted octanol–water partition coefficient (Wildman–Crippen LogP) is 0.677. The molecule has 0 spiro atoms. The van der Waals surface area contributed by atoms with Gasteiger partial charge in [-0.2, -0.15) is 0 Å². The quantitative estimate of drug-likeness (QED) is 0.761. The van der Waals surface area contributed by atoms with Crippen molar-refractivity contribution in [2.45, 2.75) is 19.9 Å². The zero-order valence-corrected chi connectivity index (χ0v) is 11.0. The summed E-state index contributed by atoms with van der Waals surface area (Å²) in [5.41, 5.74) is 0.200. The molecule has 0 aliphatic heterocycles. The van der Waals surface area contributed by atoms with Crippen molar-refractivity contribution in [2.75, 3.05) is 0 Å². The maximum absolute atomic E-state index is 11.9. The van der Waals surface area contributed by atoms with Gasteiger partial charge in [0.2, 0.25) is 0 Å². The van der Waals surface area contributed by atoms with E-state index in [-0.39, 0.29) is 17.3 Å². The van der Waals surface area contributed by atoms with Crippen molar-refractivity contribution in [1.29, 1.82) is 0 Å². The summed E-state index contributed by atoms with van der Waals surface area (Å²) in [7, 11) is 3.08. The highest BCUT2D eigenvalue weighted by molar-refractivity contribution is 7.71. The summed E-state index contributed by atoms with van der Waals surface area (Å²) in [5.74, 6) is 0. The van der Waals surface area contributed by atoms with Crippen LogP contribution in [-0.2, 0) is 14.1 Å². The number of aromatic nitrogens is 4. The van der Waals surface area contributed by atoms with Gasteiger partial charge >= 0.3 is 5.69 Å². The third-order valence-electron chi connectivity index (χ3n) is 2.83. The number of hydrogen-bond acceptors (Lipinski definition) is 3. The monoisotopic (exact) mass is 254 g/mol. The molecule has 0 aromatic carbocycles. The van der Waals surface area contributed by atoms with Crippen LogP contribution >= 0.6 is 12.2 Å².